The van der Waals surface area contributed by atoms with Gasteiger partial charge in [0.25, 0.3) is 11.5 Å². The summed E-state index contributed by atoms with van der Waals surface area (Å²) in [6.07, 6.45) is 4.64. The summed E-state index contributed by atoms with van der Waals surface area (Å²) in [5.74, 6) is 0.553. The van der Waals surface area contributed by atoms with Gasteiger partial charge in [0, 0.05) is 95.5 Å². The van der Waals surface area contributed by atoms with Gasteiger partial charge in [-0.25, -0.2) is 4.98 Å². The van der Waals surface area contributed by atoms with E-state index in [2.05, 4.69) is 53.8 Å². The van der Waals surface area contributed by atoms with Crippen molar-refractivity contribution in [3.63, 3.8) is 0 Å². The average molecular weight is 796 g/mol. The minimum Gasteiger partial charge on any atom is -0.478 e. The van der Waals surface area contributed by atoms with Crippen molar-refractivity contribution in [2.75, 3.05) is 74.6 Å². The number of piperazine rings is 1. The van der Waals surface area contributed by atoms with Crippen molar-refractivity contribution in [1.29, 1.82) is 0 Å². The van der Waals surface area contributed by atoms with Crippen molar-refractivity contribution in [3.8, 4) is 5.75 Å². The maximum atomic E-state index is 12.8. The van der Waals surface area contributed by atoms with Crippen LogP contribution in [0.5, 0.6) is 5.75 Å². The molecule has 8 rings (SSSR count). The fourth-order valence-corrected chi connectivity index (χ4v) is 8.27. The monoisotopic (exact) mass is 795 g/mol. The number of fused-ring (bicyclic) bond motifs is 2. The fraction of sp³-hybridized carbons (Fsp3) is 0.425. The average Bonchev–Trinajstić information content (AvgIpc) is 3.54. The van der Waals surface area contributed by atoms with E-state index in [-0.39, 0.29) is 35.6 Å². The second kappa shape index (κ2) is 16.0. The predicted octanol–water partition coefficient (Wildman–Crippen LogP) is 3.30. The third-order valence-electron chi connectivity index (χ3n) is 11.4. The van der Waals surface area contributed by atoms with Crippen molar-refractivity contribution in [2.45, 2.75) is 31.6 Å². The summed E-state index contributed by atoms with van der Waals surface area (Å²) in [4.78, 5) is 65.3. The molecule has 3 aliphatic rings. The Labute approximate surface area is 334 Å². The molecular formula is C40H46ClN11O5. The van der Waals surface area contributed by atoms with Gasteiger partial charge in [-0.2, -0.15) is 10.1 Å². The highest BCUT2D eigenvalue weighted by Gasteiger charge is 2.32. The van der Waals surface area contributed by atoms with Crippen LogP contribution in [0, 0.1) is 5.92 Å². The molecule has 6 heterocycles. The quantitative estimate of drug-likeness (QED) is 0.177. The summed E-state index contributed by atoms with van der Waals surface area (Å²) in [7, 11) is 5.08. The number of nitrogens with one attached hydrogen (secondary N) is 3. The Hall–Kier alpha value is -5.74. The van der Waals surface area contributed by atoms with Gasteiger partial charge < -0.3 is 29.7 Å². The Morgan fingerprint density at radius 1 is 0.947 bits per heavy atom. The van der Waals surface area contributed by atoms with Gasteiger partial charge in [0.2, 0.25) is 17.8 Å². The number of benzene rings is 2. The molecule has 3 N–H and O–H groups in total. The van der Waals surface area contributed by atoms with Gasteiger partial charge in [0.05, 0.1) is 28.8 Å². The third kappa shape index (κ3) is 7.96. The lowest BCUT2D eigenvalue weighted by atomic mass is 9.92. The molecule has 298 valence electrons. The molecule has 3 aliphatic heterocycles. The number of rotatable bonds is 10. The summed E-state index contributed by atoms with van der Waals surface area (Å²) < 4.78 is 8.84. The molecule has 0 radical (unpaired) electrons. The topological polar surface area (TPSA) is 172 Å². The first-order valence-electron chi connectivity index (χ1n) is 19.3. The van der Waals surface area contributed by atoms with Crippen LogP contribution in [-0.2, 0) is 28.5 Å². The van der Waals surface area contributed by atoms with E-state index in [0.29, 0.717) is 41.1 Å². The lowest BCUT2D eigenvalue weighted by molar-refractivity contribution is -0.134. The van der Waals surface area contributed by atoms with E-state index >= 15 is 0 Å². The Kier molecular flexibility index (Phi) is 10.7. The summed E-state index contributed by atoms with van der Waals surface area (Å²) in [6.45, 7) is 6.17. The highest BCUT2D eigenvalue weighted by atomic mass is 35.5. The number of halogens is 1. The number of carbonyl (C=O) groups excluding carboxylic acids is 3. The Morgan fingerprint density at radius 3 is 2.49 bits per heavy atom. The van der Waals surface area contributed by atoms with E-state index in [1.807, 2.05) is 29.9 Å². The molecule has 0 aliphatic carbocycles. The van der Waals surface area contributed by atoms with Crippen molar-refractivity contribution < 1.29 is 19.1 Å². The van der Waals surface area contributed by atoms with Gasteiger partial charge in [-0.15, -0.1) is 0 Å². The van der Waals surface area contributed by atoms with Crippen LogP contribution < -0.4 is 36.0 Å². The van der Waals surface area contributed by atoms with Crippen LogP contribution in [0.1, 0.15) is 37.3 Å². The molecule has 3 amide bonds. The Morgan fingerprint density at radius 2 is 1.74 bits per heavy atom. The fourth-order valence-electron chi connectivity index (χ4n) is 8.14. The van der Waals surface area contributed by atoms with Crippen LogP contribution in [0.4, 0.5) is 23.1 Å². The van der Waals surface area contributed by atoms with E-state index in [4.69, 9.17) is 26.4 Å². The maximum Gasteiger partial charge on any atom is 0.293 e. The number of pyridine rings is 1. The number of hydrogen-bond acceptors (Lipinski definition) is 12. The van der Waals surface area contributed by atoms with Gasteiger partial charge in [-0.05, 0) is 67.6 Å². The lowest BCUT2D eigenvalue weighted by Crippen LogP contribution is -2.49. The molecule has 1 atom stereocenters. The van der Waals surface area contributed by atoms with Crippen LogP contribution in [0.2, 0.25) is 5.02 Å². The minimum atomic E-state index is -0.412. The van der Waals surface area contributed by atoms with Gasteiger partial charge in [0.15, 0.2) is 18.2 Å². The van der Waals surface area contributed by atoms with Crippen molar-refractivity contribution in [1.82, 2.24) is 39.8 Å². The molecule has 17 heteroatoms. The molecule has 5 aromatic rings. The van der Waals surface area contributed by atoms with Crippen molar-refractivity contribution in [2.24, 2.45) is 20.0 Å². The molecule has 57 heavy (non-hydrogen) atoms. The molecule has 0 bridgehead atoms. The van der Waals surface area contributed by atoms with E-state index in [0.717, 1.165) is 92.0 Å². The molecule has 3 fully saturated rings. The summed E-state index contributed by atoms with van der Waals surface area (Å²) in [6, 6.07) is 13.6. The number of aromatic nitrogens is 5. The van der Waals surface area contributed by atoms with Gasteiger partial charge in [-0.3, -0.25) is 34.1 Å². The number of piperidine rings is 2. The third-order valence-corrected chi connectivity index (χ3v) is 11.7. The number of aryl methyl sites for hydroxylation is 2. The number of likely N-dealkylation sites (N-methyl/N-ethyl adjacent to an activating group) is 1. The van der Waals surface area contributed by atoms with Crippen LogP contribution in [0.25, 0.3) is 21.8 Å². The number of nitrogens with zero attached hydrogens (tertiary/aromatic N) is 8. The minimum absolute atomic E-state index is 0.0845. The largest absolute Gasteiger partial charge is 0.478 e. The molecule has 0 spiro atoms. The summed E-state index contributed by atoms with van der Waals surface area (Å²) in [5, 5.41) is 15.1. The van der Waals surface area contributed by atoms with E-state index < -0.39 is 5.92 Å². The summed E-state index contributed by atoms with van der Waals surface area (Å²) >= 11 is 6.56. The van der Waals surface area contributed by atoms with Crippen LogP contribution >= 0.6 is 11.6 Å². The number of anilines is 4. The SMILES string of the molecule is CNC(=O)COc1cc2cc(Nc3nc(N4CCN(CC5CCN(c6ccc7c(C8CCC(=O)NC8=O)nn(C)c7c6)CC5)CC4)ncc3Cl)ccc2n(C)c1=O. The second-order valence-electron chi connectivity index (χ2n) is 15.0. The Balaban J connectivity index is 0.850. The summed E-state index contributed by atoms with van der Waals surface area (Å²) in [5.41, 5.74) is 3.99. The maximum absolute atomic E-state index is 12.8. The van der Waals surface area contributed by atoms with Crippen molar-refractivity contribution >= 4 is 74.3 Å². The van der Waals surface area contributed by atoms with Gasteiger partial charge >= 0.3 is 0 Å². The normalized spacial score (nSPS) is 18.3. The second-order valence-corrected chi connectivity index (χ2v) is 15.4. The molecule has 2 aromatic carbocycles. The molecule has 1 unspecified atom stereocenters. The smallest absolute Gasteiger partial charge is 0.293 e. The first kappa shape index (κ1) is 38.1. The number of ether oxygens (including phenoxy) is 1. The number of hydrogen-bond donors (Lipinski definition) is 3. The molecule has 16 nitrogen and oxygen atoms in total. The first-order chi connectivity index (χ1) is 27.5. The first-order valence-corrected chi connectivity index (χ1v) is 19.7. The van der Waals surface area contributed by atoms with E-state index in [9.17, 15) is 19.2 Å². The number of imide groups is 1. The Bertz CT molecular complexity index is 2420. The predicted molar refractivity (Wildman–Crippen MR) is 219 cm³/mol. The van der Waals surface area contributed by atoms with Gasteiger partial charge in [0.1, 0.15) is 5.02 Å². The lowest BCUT2D eigenvalue weighted by Gasteiger charge is -2.39. The number of carbonyl (C=O) groups is 3. The standard InChI is InChI=1S/C40H46ClN11O5/c1-42-35(54)23-57-33-19-25-18-26(4-8-31(25)48(2)39(33)56)44-37-30(41)21-43-40(46-37)52-16-14-50(15-17-52)22-24-10-12-51(13-11-24)27-5-6-28-32(20-27)49(3)47-36(28)29-7-9-34(53)45-38(29)55/h4-6,8,18-21,24,29H,7,9-17,22-23H2,1-3H3,(H,42,54)(H,43,44,46)(H,45,53,55). The molecule has 3 aromatic heterocycles. The zero-order chi connectivity index (χ0) is 39.8. The zero-order valence-corrected chi connectivity index (χ0v) is 33.0. The molecule has 0 saturated carbocycles. The zero-order valence-electron chi connectivity index (χ0n) is 32.3. The van der Waals surface area contributed by atoms with Crippen LogP contribution in [0.15, 0.2) is 53.5 Å². The van der Waals surface area contributed by atoms with Crippen LogP contribution in [-0.4, -0.2) is 106 Å². The molecule has 3 saturated heterocycles. The molecular weight excluding hydrogens is 750 g/mol. The van der Waals surface area contributed by atoms with Crippen molar-refractivity contribution in [3.05, 3.63) is 69.7 Å². The van der Waals surface area contributed by atoms with E-state index in [1.165, 1.54) is 11.6 Å². The highest BCUT2D eigenvalue weighted by Crippen LogP contribution is 2.34. The van der Waals surface area contributed by atoms with Gasteiger partial charge in [-0.1, -0.05) is 11.6 Å². The number of amides is 3. The highest BCUT2D eigenvalue weighted by molar-refractivity contribution is 6.33. The van der Waals surface area contributed by atoms with Crippen LogP contribution in [0.3, 0.4) is 0 Å². The van der Waals surface area contributed by atoms with E-state index in [1.54, 1.807) is 19.3 Å².